The molecule has 1 atom stereocenters. The molecule has 102 valence electrons. The Bertz CT molecular complexity index is 466. The molecule has 1 unspecified atom stereocenters. The topological polar surface area (TPSA) is 48.3 Å². The second kappa shape index (κ2) is 6.80. The molecule has 1 saturated heterocycles. The molecule has 19 heavy (non-hydrogen) atoms. The lowest BCUT2D eigenvalue weighted by molar-refractivity contribution is 0.0340. The summed E-state index contributed by atoms with van der Waals surface area (Å²) in [6.45, 7) is 3.34. The largest absolute Gasteiger partial charge is 0.374 e. The van der Waals surface area contributed by atoms with Crippen molar-refractivity contribution in [3.8, 4) is 6.07 Å². The summed E-state index contributed by atoms with van der Waals surface area (Å²) in [7, 11) is 2.01. The molecular formula is C14H19N3OS. The van der Waals surface area contributed by atoms with Gasteiger partial charge in [0, 0.05) is 31.6 Å². The van der Waals surface area contributed by atoms with E-state index in [1.54, 1.807) is 11.8 Å². The molecule has 1 N–H and O–H groups in total. The van der Waals surface area contributed by atoms with Crippen LogP contribution in [0.2, 0.25) is 0 Å². The molecule has 0 spiro atoms. The van der Waals surface area contributed by atoms with Gasteiger partial charge in [-0.2, -0.15) is 5.26 Å². The molecule has 1 aliphatic rings. The van der Waals surface area contributed by atoms with Gasteiger partial charge in [0.1, 0.15) is 6.07 Å². The van der Waals surface area contributed by atoms with Crippen molar-refractivity contribution in [1.82, 2.24) is 5.32 Å². The molecule has 0 saturated carbocycles. The van der Waals surface area contributed by atoms with Crippen LogP contribution in [0.1, 0.15) is 5.56 Å². The van der Waals surface area contributed by atoms with Gasteiger partial charge in [-0.05, 0) is 18.4 Å². The first-order chi connectivity index (χ1) is 9.26. The quantitative estimate of drug-likeness (QED) is 0.849. The summed E-state index contributed by atoms with van der Waals surface area (Å²) in [5.41, 5.74) is 1.73. The predicted octanol–water partition coefficient (Wildman–Crippen LogP) is 1.70. The summed E-state index contributed by atoms with van der Waals surface area (Å²) in [5, 5.41) is 12.7. The lowest BCUT2D eigenvalue weighted by atomic mass is 10.1. The van der Waals surface area contributed by atoms with Crippen molar-refractivity contribution in [3.63, 3.8) is 0 Å². The minimum absolute atomic E-state index is 0.184. The molecule has 0 amide bonds. The Morgan fingerprint density at radius 1 is 1.58 bits per heavy atom. The van der Waals surface area contributed by atoms with E-state index < -0.39 is 0 Å². The van der Waals surface area contributed by atoms with Crippen LogP contribution in [0.3, 0.4) is 0 Å². The van der Waals surface area contributed by atoms with Crippen LogP contribution in [-0.4, -0.2) is 45.6 Å². The Kier molecular flexibility index (Phi) is 5.08. The fourth-order valence-electron chi connectivity index (χ4n) is 2.26. The smallest absolute Gasteiger partial charge is 0.102 e. The lowest BCUT2D eigenvalue weighted by Crippen LogP contribution is -2.44. The SMILES string of the molecule is CSc1cccc(N(C)CC2CNCCO2)c1C#N. The van der Waals surface area contributed by atoms with Crippen LogP contribution in [0, 0.1) is 11.3 Å². The Balaban J connectivity index is 2.14. The van der Waals surface area contributed by atoms with E-state index in [0.29, 0.717) is 0 Å². The van der Waals surface area contributed by atoms with E-state index in [4.69, 9.17) is 4.74 Å². The molecule has 4 nitrogen and oxygen atoms in total. The Hall–Kier alpha value is -1.22. The van der Waals surface area contributed by atoms with Crippen LogP contribution < -0.4 is 10.2 Å². The van der Waals surface area contributed by atoms with Crippen LogP contribution in [0.4, 0.5) is 5.69 Å². The van der Waals surface area contributed by atoms with Gasteiger partial charge in [0.05, 0.1) is 24.0 Å². The van der Waals surface area contributed by atoms with Gasteiger partial charge in [-0.3, -0.25) is 0 Å². The minimum Gasteiger partial charge on any atom is -0.374 e. The third-order valence-corrected chi connectivity index (χ3v) is 4.01. The van der Waals surface area contributed by atoms with E-state index >= 15 is 0 Å². The third-order valence-electron chi connectivity index (χ3n) is 3.23. The second-order valence-corrected chi connectivity index (χ2v) is 5.39. The first-order valence-electron chi connectivity index (χ1n) is 6.37. The van der Waals surface area contributed by atoms with Crippen molar-refractivity contribution >= 4 is 17.4 Å². The van der Waals surface area contributed by atoms with E-state index in [1.165, 1.54) is 0 Å². The average molecular weight is 277 g/mol. The summed E-state index contributed by atoms with van der Waals surface area (Å²) in [6, 6.07) is 8.29. The van der Waals surface area contributed by atoms with Gasteiger partial charge in [0.2, 0.25) is 0 Å². The minimum atomic E-state index is 0.184. The number of hydrogen-bond acceptors (Lipinski definition) is 5. The normalized spacial score (nSPS) is 18.9. The molecule has 1 heterocycles. The number of nitrogens with zero attached hydrogens (tertiary/aromatic N) is 2. The van der Waals surface area contributed by atoms with Gasteiger partial charge in [0.25, 0.3) is 0 Å². The summed E-state index contributed by atoms with van der Waals surface area (Å²) >= 11 is 1.60. The van der Waals surface area contributed by atoms with Crippen molar-refractivity contribution in [3.05, 3.63) is 23.8 Å². The number of thioether (sulfide) groups is 1. The van der Waals surface area contributed by atoms with Crippen LogP contribution in [0.25, 0.3) is 0 Å². The van der Waals surface area contributed by atoms with Gasteiger partial charge < -0.3 is 15.0 Å². The molecule has 5 heteroatoms. The number of hydrogen-bond donors (Lipinski definition) is 1. The Morgan fingerprint density at radius 3 is 3.05 bits per heavy atom. The van der Waals surface area contributed by atoms with Gasteiger partial charge in [-0.1, -0.05) is 6.07 Å². The number of rotatable bonds is 4. The van der Waals surface area contributed by atoms with Gasteiger partial charge in [-0.25, -0.2) is 0 Å². The van der Waals surface area contributed by atoms with E-state index in [0.717, 1.165) is 42.4 Å². The zero-order valence-corrected chi connectivity index (χ0v) is 12.2. The highest BCUT2D eigenvalue weighted by Gasteiger charge is 2.18. The fraction of sp³-hybridized carbons (Fsp3) is 0.500. The molecule has 1 aromatic rings. The Morgan fingerprint density at radius 2 is 2.42 bits per heavy atom. The monoisotopic (exact) mass is 277 g/mol. The average Bonchev–Trinajstić information content (AvgIpc) is 2.47. The molecule has 0 aromatic heterocycles. The lowest BCUT2D eigenvalue weighted by Gasteiger charge is -2.29. The van der Waals surface area contributed by atoms with Crippen LogP contribution >= 0.6 is 11.8 Å². The molecular weight excluding hydrogens is 258 g/mol. The van der Waals surface area contributed by atoms with E-state index in [9.17, 15) is 5.26 Å². The number of nitrogens with one attached hydrogen (secondary N) is 1. The number of benzene rings is 1. The van der Waals surface area contributed by atoms with Crippen molar-refractivity contribution in [2.24, 2.45) is 0 Å². The second-order valence-electron chi connectivity index (χ2n) is 4.54. The van der Waals surface area contributed by atoms with E-state index in [1.807, 2.05) is 31.5 Å². The zero-order valence-electron chi connectivity index (χ0n) is 11.3. The molecule has 1 aliphatic heterocycles. The van der Waals surface area contributed by atoms with Gasteiger partial charge in [0.15, 0.2) is 0 Å². The highest BCUT2D eigenvalue weighted by atomic mass is 32.2. The summed E-state index contributed by atoms with van der Waals surface area (Å²) in [5.74, 6) is 0. The number of anilines is 1. The van der Waals surface area contributed by atoms with Crippen LogP contribution in [-0.2, 0) is 4.74 Å². The van der Waals surface area contributed by atoms with Crippen LogP contribution in [0.15, 0.2) is 23.1 Å². The summed E-state index contributed by atoms with van der Waals surface area (Å²) in [4.78, 5) is 3.13. The number of likely N-dealkylation sites (N-methyl/N-ethyl adjacent to an activating group) is 1. The molecule has 0 aliphatic carbocycles. The van der Waals surface area contributed by atoms with Gasteiger partial charge >= 0.3 is 0 Å². The van der Waals surface area contributed by atoms with Crippen LogP contribution in [0.5, 0.6) is 0 Å². The highest BCUT2D eigenvalue weighted by molar-refractivity contribution is 7.98. The van der Waals surface area contributed by atoms with E-state index in [2.05, 4.69) is 16.3 Å². The van der Waals surface area contributed by atoms with Crippen molar-refractivity contribution < 1.29 is 4.74 Å². The highest BCUT2D eigenvalue weighted by Crippen LogP contribution is 2.28. The van der Waals surface area contributed by atoms with Crippen molar-refractivity contribution in [2.45, 2.75) is 11.0 Å². The number of morpholine rings is 1. The molecule has 1 fully saturated rings. The maximum absolute atomic E-state index is 9.35. The number of ether oxygens (including phenoxy) is 1. The Labute approximate surface area is 118 Å². The van der Waals surface area contributed by atoms with Crippen molar-refractivity contribution in [2.75, 3.05) is 44.4 Å². The molecule has 1 aromatic carbocycles. The van der Waals surface area contributed by atoms with Gasteiger partial charge in [-0.15, -0.1) is 11.8 Å². The fourth-order valence-corrected chi connectivity index (χ4v) is 2.83. The van der Waals surface area contributed by atoms with E-state index in [-0.39, 0.29) is 6.10 Å². The van der Waals surface area contributed by atoms with Crippen molar-refractivity contribution in [1.29, 1.82) is 5.26 Å². The number of nitriles is 1. The molecule has 0 radical (unpaired) electrons. The standard InChI is InChI=1S/C14H19N3OS/c1-17(10-11-9-16-6-7-18-11)13-4-3-5-14(19-2)12(13)8-15/h3-5,11,16H,6-7,9-10H2,1-2H3. The summed E-state index contributed by atoms with van der Waals surface area (Å²) < 4.78 is 5.71. The summed E-state index contributed by atoms with van der Waals surface area (Å²) in [6.07, 6.45) is 2.18. The third kappa shape index (κ3) is 3.41. The maximum Gasteiger partial charge on any atom is 0.102 e. The predicted molar refractivity (Wildman–Crippen MR) is 78.8 cm³/mol. The molecule has 0 bridgehead atoms. The molecule has 2 rings (SSSR count). The zero-order chi connectivity index (χ0) is 13.7. The maximum atomic E-state index is 9.35. The first-order valence-corrected chi connectivity index (χ1v) is 7.59. The first kappa shape index (κ1) is 14.2.